The molecule has 3 N–H and O–H groups in total. The van der Waals surface area contributed by atoms with Crippen LogP contribution in [0.15, 0.2) is 78.9 Å². The van der Waals surface area contributed by atoms with Crippen LogP contribution in [0, 0.1) is 11.8 Å². The van der Waals surface area contributed by atoms with Crippen molar-refractivity contribution in [2.75, 3.05) is 13.2 Å². The molecule has 0 saturated heterocycles. The Morgan fingerprint density at radius 1 is 0.923 bits per heavy atom. The summed E-state index contributed by atoms with van der Waals surface area (Å²) in [7, 11) is 0. The molecule has 1 saturated carbocycles. The Morgan fingerprint density at radius 3 is 2.15 bits per heavy atom. The number of alkyl carbamates (subject to hydrolysis) is 1. The molecule has 8 heteroatoms. The highest BCUT2D eigenvalue weighted by atomic mass is 16.5. The molecule has 0 unspecified atom stereocenters. The first kappa shape index (κ1) is 26.4. The van der Waals surface area contributed by atoms with Gasteiger partial charge in [0.05, 0.1) is 18.6 Å². The number of carbonyl (C=O) groups is 3. The largest absolute Gasteiger partial charge is 0.481 e. The lowest BCUT2D eigenvalue weighted by atomic mass is 9.98. The summed E-state index contributed by atoms with van der Waals surface area (Å²) in [5.41, 5.74) is 5.38. The van der Waals surface area contributed by atoms with Crippen LogP contribution >= 0.6 is 0 Å². The van der Waals surface area contributed by atoms with Crippen molar-refractivity contribution >= 4 is 18.0 Å². The highest BCUT2D eigenvalue weighted by Gasteiger charge is 2.43. The lowest BCUT2D eigenvalue weighted by Gasteiger charge is -2.25. The Kier molecular flexibility index (Phi) is 7.93. The molecule has 2 aliphatic rings. The monoisotopic (exact) mass is 528 g/mol. The molecule has 202 valence electrons. The summed E-state index contributed by atoms with van der Waals surface area (Å²) in [6, 6.07) is 24.7. The average Bonchev–Trinajstić information content (AvgIpc) is 3.68. The molecular weight excluding hydrogens is 496 g/mol. The molecule has 5 rings (SSSR count). The third-order valence-corrected chi connectivity index (χ3v) is 7.50. The van der Waals surface area contributed by atoms with Gasteiger partial charge >= 0.3 is 12.1 Å². The second-order valence-electron chi connectivity index (χ2n) is 10.1. The summed E-state index contributed by atoms with van der Waals surface area (Å²) in [5, 5.41) is 14.6. The van der Waals surface area contributed by atoms with Crippen LogP contribution < -0.4 is 10.6 Å². The van der Waals surface area contributed by atoms with Crippen LogP contribution in [0.5, 0.6) is 0 Å². The van der Waals surface area contributed by atoms with Crippen LogP contribution in [-0.4, -0.2) is 48.4 Å². The van der Waals surface area contributed by atoms with Gasteiger partial charge < -0.3 is 25.2 Å². The molecule has 39 heavy (non-hydrogen) atoms. The quantitative estimate of drug-likeness (QED) is 0.341. The summed E-state index contributed by atoms with van der Waals surface area (Å²) in [6.07, 6.45) is -0.859. The fourth-order valence-corrected chi connectivity index (χ4v) is 5.18. The Balaban J connectivity index is 1.23. The van der Waals surface area contributed by atoms with E-state index < -0.39 is 36.0 Å². The standard InChI is InChI=1S/C31H32N2O6/c1-19(38-17-20-9-3-2-4-10-20)28(29(34)32-16-21-15-26(21)30(35)36)33-31(37)39-18-27-24-13-7-5-11-22(24)23-12-6-8-14-25(23)27/h2-14,19,21,26-28H,15-18H2,1H3,(H,32,34)(H,33,37)(H,35,36)/t19-,21-,26-,28+/m0/s1. The first-order valence-corrected chi connectivity index (χ1v) is 13.2. The number of aliphatic carboxylic acids is 1. The number of carboxylic acid groups (broad SMARTS) is 1. The van der Waals surface area contributed by atoms with Gasteiger partial charge in [-0.15, -0.1) is 0 Å². The maximum absolute atomic E-state index is 13.1. The summed E-state index contributed by atoms with van der Waals surface area (Å²) < 4.78 is 11.6. The Morgan fingerprint density at radius 2 is 1.54 bits per heavy atom. The van der Waals surface area contributed by atoms with Crippen LogP contribution in [0.1, 0.15) is 36.0 Å². The number of hydrogen-bond acceptors (Lipinski definition) is 5. The number of carbonyl (C=O) groups excluding carboxylic acids is 2. The third-order valence-electron chi connectivity index (χ3n) is 7.50. The number of hydrogen-bond donors (Lipinski definition) is 3. The lowest BCUT2D eigenvalue weighted by Crippen LogP contribution is -2.53. The Labute approximate surface area is 227 Å². The fourth-order valence-electron chi connectivity index (χ4n) is 5.18. The topological polar surface area (TPSA) is 114 Å². The van der Waals surface area contributed by atoms with Crippen molar-refractivity contribution in [3.05, 3.63) is 95.6 Å². The molecular formula is C31H32N2O6. The molecule has 0 spiro atoms. The molecule has 0 radical (unpaired) electrons. The van der Waals surface area contributed by atoms with E-state index in [4.69, 9.17) is 14.6 Å². The first-order valence-electron chi connectivity index (χ1n) is 13.2. The van der Waals surface area contributed by atoms with Gasteiger partial charge in [0, 0.05) is 12.5 Å². The zero-order chi connectivity index (χ0) is 27.4. The van der Waals surface area contributed by atoms with Crippen LogP contribution in [0.4, 0.5) is 4.79 Å². The highest BCUT2D eigenvalue weighted by molar-refractivity contribution is 5.86. The number of fused-ring (bicyclic) bond motifs is 3. The zero-order valence-corrected chi connectivity index (χ0v) is 21.7. The van der Waals surface area contributed by atoms with E-state index in [0.29, 0.717) is 6.42 Å². The van der Waals surface area contributed by atoms with E-state index >= 15 is 0 Å². The minimum absolute atomic E-state index is 0.106. The van der Waals surface area contributed by atoms with E-state index in [-0.39, 0.29) is 31.6 Å². The van der Waals surface area contributed by atoms with Gasteiger partial charge in [-0.3, -0.25) is 9.59 Å². The maximum Gasteiger partial charge on any atom is 0.407 e. The minimum Gasteiger partial charge on any atom is -0.481 e. The van der Waals surface area contributed by atoms with Gasteiger partial charge in [0.25, 0.3) is 0 Å². The summed E-state index contributed by atoms with van der Waals surface area (Å²) in [5.74, 6) is -1.96. The second kappa shape index (κ2) is 11.7. The van der Waals surface area contributed by atoms with Crippen LogP contribution in [0.25, 0.3) is 11.1 Å². The zero-order valence-electron chi connectivity index (χ0n) is 21.7. The van der Waals surface area contributed by atoms with Crippen LogP contribution in [0.2, 0.25) is 0 Å². The minimum atomic E-state index is -1.02. The molecule has 0 aromatic heterocycles. The molecule has 4 atom stereocenters. The normalized spacial score (nSPS) is 18.8. The van der Waals surface area contributed by atoms with E-state index in [9.17, 15) is 14.4 Å². The second-order valence-corrected chi connectivity index (χ2v) is 10.1. The molecule has 8 nitrogen and oxygen atoms in total. The van der Waals surface area contributed by atoms with Gasteiger partial charge in [0.2, 0.25) is 5.91 Å². The molecule has 0 bridgehead atoms. The fraction of sp³-hybridized carbons (Fsp3) is 0.323. The SMILES string of the molecule is C[C@H](OCc1ccccc1)[C@@H](NC(=O)OCC1c2ccccc2-c2ccccc21)C(=O)NC[C@@H]1C[C@@H]1C(=O)O. The smallest absolute Gasteiger partial charge is 0.407 e. The molecule has 0 heterocycles. The van der Waals surface area contributed by atoms with Crippen molar-refractivity contribution in [1.29, 1.82) is 0 Å². The molecule has 2 aliphatic carbocycles. The van der Waals surface area contributed by atoms with Crippen molar-refractivity contribution in [2.24, 2.45) is 11.8 Å². The molecule has 0 aliphatic heterocycles. The van der Waals surface area contributed by atoms with E-state index in [1.807, 2.05) is 66.7 Å². The Hall–Kier alpha value is -4.17. The number of nitrogens with one attached hydrogen (secondary N) is 2. The van der Waals surface area contributed by atoms with E-state index in [2.05, 4.69) is 22.8 Å². The van der Waals surface area contributed by atoms with Gasteiger partial charge in [-0.1, -0.05) is 78.9 Å². The predicted octanol–water partition coefficient (Wildman–Crippen LogP) is 4.34. The van der Waals surface area contributed by atoms with Gasteiger partial charge in [-0.05, 0) is 47.1 Å². The predicted molar refractivity (Wildman–Crippen MR) is 145 cm³/mol. The van der Waals surface area contributed by atoms with E-state index in [1.54, 1.807) is 6.92 Å². The average molecular weight is 529 g/mol. The third kappa shape index (κ3) is 6.12. The van der Waals surface area contributed by atoms with Crippen molar-refractivity contribution in [1.82, 2.24) is 10.6 Å². The number of carboxylic acids is 1. The first-order chi connectivity index (χ1) is 18.9. The summed E-state index contributed by atoms with van der Waals surface area (Å²) in [4.78, 5) is 37.2. The molecule has 3 aromatic carbocycles. The van der Waals surface area contributed by atoms with E-state index in [1.165, 1.54) is 0 Å². The number of rotatable bonds is 11. The molecule has 1 fully saturated rings. The van der Waals surface area contributed by atoms with Gasteiger partial charge in [0.1, 0.15) is 12.6 Å². The van der Waals surface area contributed by atoms with E-state index in [0.717, 1.165) is 27.8 Å². The van der Waals surface area contributed by atoms with Crippen LogP contribution in [0.3, 0.4) is 0 Å². The van der Waals surface area contributed by atoms with Crippen molar-refractivity contribution < 1.29 is 29.0 Å². The van der Waals surface area contributed by atoms with Crippen molar-refractivity contribution in [3.63, 3.8) is 0 Å². The van der Waals surface area contributed by atoms with Gasteiger partial charge in [0.15, 0.2) is 0 Å². The van der Waals surface area contributed by atoms with Crippen molar-refractivity contribution in [2.45, 2.75) is 38.0 Å². The molecule has 3 aromatic rings. The maximum atomic E-state index is 13.1. The number of ether oxygens (including phenoxy) is 2. The molecule has 2 amide bonds. The van der Waals surface area contributed by atoms with Crippen LogP contribution in [-0.2, 0) is 25.7 Å². The van der Waals surface area contributed by atoms with Gasteiger partial charge in [-0.25, -0.2) is 4.79 Å². The Bertz CT molecular complexity index is 1300. The number of amides is 2. The van der Waals surface area contributed by atoms with Gasteiger partial charge in [-0.2, -0.15) is 0 Å². The summed E-state index contributed by atoms with van der Waals surface area (Å²) in [6.45, 7) is 2.33. The number of benzene rings is 3. The summed E-state index contributed by atoms with van der Waals surface area (Å²) >= 11 is 0. The van der Waals surface area contributed by atoms with Crippen molar-refractivity contribution in [3.8, 4) is 11.1 Å². The lowest BCUT2D eigenvalue weighted by molar-refractivity contribution is -0.139. The highest BCUT2D eigenvalue weighted by Crippen LogP contribution is 2.44.